The normalized spacial score (nSPS) is 43.3. The molecule has 0 aromatic heterocycles. The molecule has 0 radical (unpaired) electrons. The van der Waals surface area contributed by atoms with E-state index >= 15 is 0 Å². The molecule has 1 nitrogen and oxygen atoms in total. The minimum atomic E-state index is 0.849. The first-order valence-electron chi connectivity index (χ1n) is 6.54. The molecule has 2 aliphatic carbocycles. The molecule has 2 fully saturated rings. The van der Waals surface area contributed by atoms with Gasteiger partial charge in [0.2, 0.25) is 0 Å². The minimum Gasteiger partial charge on any atom is -0.311 e. The van der Waals surface area contributed by atoms with Gasteiger partial charge in [-0.25, -0.2) is 0 Å². The number of hydrogen-bond donors (Lipinski definition) is 1. The van der Waals surface area contributed by atoms with E-state index in [2.05, 4.69) is 19.2 Å². The zero-order chi connectivity index (χ0) is 9.97. The van der Waals surface area contributed by atoms with Crippen molar-refractivity contribution in [3.63, 3.8) is 0 Å². The Balaban J connectivity index is 1.66. The highest BCUT2D eigenvalue weighted by Gasteiger charge is 2.30. The van der Waals surface area contributed by atoms with Gasteiger partial charge >= 0.3 is 0 Å². The highest BCUT2D eigenvalue weighted by molar-refractivity contribution is 4.88. The minimum absolute atomic E-state index is 0.849. The Labute approximate surface area is 88.7 Å². The van der Waals surface area contributed by atoms with Crippen LogP contribution in [0.1, 0.15) is 58.8 Å². The summed E-state index contributed by atoms with van der Waals surface area (Å²) in [6.07, 6.45) is 10.0. The van der Waals surface area contributed by atoms with E-state index in [1.54, 1.807) is 0 Å². The fourth-order valence-electron chi connectivity index (χ4n) is 3.12. The maximum Gasteiger partial charge on any atom is 0.00749 e. The van der Waals surface area contributed by atoms with Crippen LogP contribution >= 0.6 is 0 Å². The van der Waals surface area contributed by atoms with Gasteiger partial charge in [0.25, 0.3) is 0 Å². The van der Waals surface area contributed by atoms with Gasteiger partial charge in [-0.3, -0.25) is 0 Å². The van der Waals surface area contributed by atoms with E-state index in [9.17, 15) is 0 Å². The second-order valence-corrected chi connectivity index (χ2v) is 5.58. The molecule has 2 atom stereocenters. The lowest BCUT2D eigenvalue weighted by Gasteiger charge is -2.40. The predicted octanol–water partition coefficient (Wildman–Crippen LogP) is 3.34. The molecule has 14 heavy (non-hydrogen) atoms. The fourth-order valence-corrected chi connectivity index (χ4v) is 3.12. The van der Waals surface area contributed by atoms with Crippen LogP contribution in [0.5, 0.6) is 0 Å². The summed E-state index contributed by atoms with van der Waals surface area (Å²) in [5, 5.41) is 3.85. The molecule has 0 amide bonds. The van der Waals surface area contributed by atoms with Gasteiger partial charge in [0.1, 0.15) is 0 Å². The Morgan fingerprint density at radius 1 is 1.07 bits per heavy atom. The Bertz CT molecular complexity index is 172. The Morgan fingerprint density at radius 2 is 1.86 bits per heavy atom. The molecule has 82 valence electrons. The van der Waals surface area contributed by atoms with Gasteiger partial charge in [-0.1, -0.05) is 33.1 Å². The second kappa shape index (κ2) is 4.65. The maximum atomic E-state index is 3.85. The molecule has 0 aliphatic heterocycles. The quantitative estimate of drug-likeness (QED) is 0.728. The third-order valence-electron chi connectivity index (χ3n) is 4.22. The molecule has 0 aromatic carbocycles. The number of rotatable bonds is 3. The topological polar surface area (TPSA) is 12.0 Å². The third kappa shape index (κ3) is 2.50. The van der Waals surface area contributed by atoms with Crippen molar-refractivity contribution in [3.8, 4) is 0 Å². The third-order valence-corrected chi connectivity index (χ3v) is 4.22. The molecule has 1 heteroatoms. The van der Waals surface area contributed by atoms with Crippen molar-refractivity contribution in [2.24, 2.45) is 11.8 Å². The van der Waals surface area contributed by atoms with Crippen molar-refractivity contribution in [2.75, 3.05) is 0 Å². The van der Waals surface area contributed by atoms with Crippen LogP contribution in [0, 0.1) is 11.8 Å². The zero-order valence-corrected chi connectivity index (χ0v) is 9.76. The molecule has 0 aromatic rings. The summed E-state index contributed by atoms with van der Waals surface area (Å²) >= 11 is 0. The summed E-state index contributed by atoms with van der Waals surface area (Å²) in [6.45, 7) is 4.73. The van der Waals surface area contributed by atoms with Crippen LogP contribution in [0.25, 0.3) is 0 Å². The van der Waals surface area contributed by atoms with E-state index in [1.165, 1.54) is 44.9 Å². The molecule has 0 spiro atoms. The van der Waals surface area contributed by atoms with Gasteiger partial charge < -0.3 is 5.32 Å². The predicted molar refractivity (Wildman–Crippen MR) is 61.4 cm³/mol. The Kier molecular flexibility index (Phi) is 3.48. The van der Waals surface area contributed by atoms with Crippen molar-refractivity contribution >= 4 is 0 Å². The van der Waals surface area contributed by atoms with Gasteiger partial charge in [-0.05, 0) is 37.5 Å². The van der Waals surface area contributed by atoms with Gasteiger partial charge in [-0.15, -0.1) is 0 Å². The first kappa shape index (κ1) is 10.5. The molecule has 0 saturated heterocycles. The monoisotopic (exact) mass is 195 g/mol. The summed E-state index contributed by atoms with van der Waals surface area (Å²) in [4.78, 5) is 0. The molecule has 2 rings (SSSR count). The van der Waals surface area contributed by atoms with Crippen molar-refractivity contribution in [3.05, 3.63) is 0 Å². The van der Waals surface area contributed by atoms with E-state index in [0.717, 1.165) is 23.9 Å². The van der Waals surface area contributed by atoms with Crippen LogP contribution in [0.4, 0.5) is 0 Å². The first-order valence-corrected chi connectivity index (χ1v) is 6.54. The first-order chi connectivity index (χ1) is 6.78. The van der Waals surface area contributed by atoms with Gasteiger partial charge in [0.15, 0.2) is 0 Å². The van der Waals surface area contributed by atoms with Crippen LogP contribution in [0.15, 0.2) is 0 Å². The highest BCUT2D eigenvalue weighted by atomic mass is 15.0. The summed E-state index contributed by atoms with van der Waals surface area (Å²) in [6, 6.07) is 1.72. The fraction of sp³-hybridized carbons (Fsp3) is 1.00. The molecule has 1 N–H and O–H groups in total. The SMILES string of the molecule is CCC1CC(NC2CCCC(C)C2)C1. The zero-order valence-electron chi connectivity index (χ0n) is 9.76. The summed E-state index contributed by atoms with van der Waals surface area (Å²) in [5.74, 6) is 2.00. The maximum absolute atomic E-state index is 3.85. The largest absolute Gasteiger partial charge is 0.311 e. The number of hydrogen-bond acceptors (Lipinski definition) is 1. The van der Waals surface area contributed by atoms with Crippen LogP contribution < -0.4 is 5.32 Å². The molecule has 2 saturated carbocycles. The van der Waals surface area contributed by atoms with Gasteiger partial charge in [0, 0.05) is 12.1 Å². The van der Waals surface area contributed by atoms with E-state index < -0.39 is 0 Å². The van der Waals surface area contributed by atoms with Gasteiger partial charge in [0.05, 0.1) is 0 Å². The molecule has 2 unspecified atom stereocenters. The van der Waals surface area contributed by atoms with Crippen LogP contribution in [-0.4, -0.2) is 12.1 Å². The lowest BCUT2D eigenvalue weighted by molar-refractivity contribution is 0.176. The summed E-state index contributed by atoms with van der Waals surface area (Å²) in [7, 11) is 0. The van der Waals surface area contributed by atoms with Crippen molar-refractivity contribution in [2.45, 2.75) is 70.9 Å². The highest BCUT2D eigenvalue weighted by Crippen LogP contribution is 2.32. The smallest absolute Gasteiger partial charge is 0.00749 e. The van der Waals surface area contributed by atoms with Crippen molar-refractivity contribution in [1.29, 1.82) is 0 Å². The van der Waals surface area contributed by atoms with E-state index in [0.29, 0.717) is 0 Å². The number of nitrogens with one attached hydrogen (secondary N) is 1. The van der Waals surface area contributed by atoms with Crippen LogP contribution in [0.3, 0.4) is 0 Å². The molecule has 0 heterocycles. The second-order valence-electron chi connectivity index (χ2n) is 5.58. The van der Waals surface area contributed by atoms with Crippen LogP contribution in [-0.2, 0) is 0 Å². The Hall–Kier alpha value is -0.0400. The standard InChI is InChI=1S/C13H25N/c1-3-11-8-13(9-11)14-12-6-4-5-10(2)7-12/h10-14H,3-9H2,1-2H3. The lowest BCUT2D eigenvalue weighted by Crippen LogP contribution is -2.47. The summed E-state index contributed by atoms with van der Waals surface area (Å²) in [5.41, 5.74) is 0. The van der Waals surface area contributed by atoms with Crippen molar-refractivity contribution in [1.82, 2.24) is 5.32 Å². The Morgan fingerprint density at radius 3 is 2.50 bits per heavy atom. The van der Waals surface area contributed by atoms with Gasteiger partial charge in [-0.2, -0.15) is 0 Å². The molecular formula is C13H25N. The van der Waals surface area contributed by atoms with E-state index in [4.69, 9.17) is 0 Å². The molecule has 2 aliphatic rings. The average molecular weight is 195 g/mol. The average Bonchev–Trinajstić information content (AvgIpc) is 2.10. The molecule has 0 bridgehead atoms. The van der Waals surface area contributed by atoms with Crippen molar-refractivity contribution < 1.29 is 0 Å². The van der Waals surface area contributed by atoms with Crippen LogP contribution in [0.2, 0.25) is 0 Å². The van der Waals surface area contributed by atoms with E-state index in [-0.39, 0.29) is 0 Å². The molecular weight excluding hydrogens is 170 g/mol. The lowest BCUT2D eigenvalue weighted by atomic mass is 9.77. The van der Waals surface area contributed by atoms with E-state index in [1.807, 2.05) is 0 Å². The summed E-state index contributed by atoms with van der Waals surface area (Å²) < 4.78 is 0.